The summed E-state index contributed by atoms with van der Waals surface area (Å²) < 4.78 is 78.7. The van der Waals surface area contributed by atoms with Crippen LogP contribution in [0.15, 0.2) is 12.1 Å². The third-order valence-corrected chi connectivity index (χ3v) is 3.39. The van der Waals surface area contributed by atoms with E-state index in [9.17, 15) is 26.3 Å². The molecule has 1 aliphatic rings. The van der Waals surface area contributed by atoms with Crippen LogP contribution < -0.4 is 5.32 Å². The molecule has 2 nitrogen and oxygen atoms in total. The van der Waals surface area contributed by atoms with Crippen LogP contribution in [0.25, 0.3) is 0 Å². The minimum Gasteiger partial charge on any atom is -0.314 e. The van der Waals surface area contributed by atoms with Crippen molar-refractivity contribution in [2.75, 3.05) is 26.2 Å². The number of nitrogens with zero attached hydrogens (tertiary/aromatic N) is 1. The molecule has 0 saturated carbocycles. The fourth-order valence-electron chi connectivity index (χ4n) is 2.50. The van der Waals surface area contributed by atoms with Gasteiger partial charge in [0, 0.05) is 49.9 Å². The molecule has 0 aromatic heterocycles. The number of alkyl halides is 3. The van der Waals surface area contributed by atoms with E-state index in [-0.39, 0.29) is 37.9 Å². The minimum absolute atomic E-state index is 0. The van der Waals surface area contributed by atoms with Gasteiger partial charge < -0.3 is 5.32 Å². The maximum atomic E-state index is 13.8. The Balaban J connectivity index is 0.00000242. The summed E-state index contributed by atoms with van der Waals surface area (Å²) in [6.45, 7) is 1.32. The zero-order valence-electron chi connectivity index (χ0n) is 11.8. The van der Waals surface area contributed by atoms with Crippen molar-refractivity contribution >= 4 is 24.8 Å². The first-order chi connectivity index (χ1) is 9.78. The molecule has 10 heteroatoms. The second-order valence-corrected chi connectivity index (χ2v) is 4.90. The van der Waals surface area contributed by atoms with E-state index in [2.05, 4.69) is 5.32 Å². The van der Waals surface area contributed by atoms with Gasteiger partial charge in [0.1, 0.15) is 17.5 Å². The first-order valence-corrected chi connectivity index (χ1v) is 6.44. The van der Waals surface area contributed by atoms with E-state index in [0.29, 0.717) is 25.2 Å². The molecule has 0 unspecified atom stereocenters. The van der Waals surface area contributed by atoms with E-state index in [1.54, 1.807) is 0 Å². The number of nitrogens with one attached hydrogen (secondary N) is 1. The van der Waals surface area contributed by atoms with Gasteiger partial charge >= 0.3 is 6.18 Å². The highest BCUT2D eigenvalue weighted by Gasteiger charge is 2.38. The van der Waals surface area contributed by atoms with Crippen molar-refractivity contribution < 1.29 is 26.3 Å². The van der Waals surface area contributed by atoms with Gasteiger partial charge in [0.25, 0.3) is 0 Å². The Labute approximate surface area is 142 Å². The van der Waals surface area contributed by atoms with Crippen molar-refractivity contribution in [1.29, 1.82) is 0 Å². The number of hydrogen-bond acceptors (Lipinski definition) is 2. The Morgan fingerprint density at radius 2 is 1.48 bits per heavy atom. The molecule has 1 aromatic rings. The highest BCUT2D eigenvalue weighted by Crippen LogP contribution is 2.36. The van der Waals surface area contributed by atoms with Crippen LogP contribution in [0.4, 0.5) is 26.3 Å². The molecule has 1 N–H and O–H groups in total. The largest absolute Gasteiger partial charge is 0.390 e. The van der Waals surface area contributed by atoms with Crippen molar-refractivity contribution in [1.82, 2.24) is 10.2 Å². The van der Waals surface area contributed by atoms with Crippen LogP contribution in [-0.2, 0) is 0 Å². The Morgan fingerprint density at radius 3 is 1.91 bits per heavy atom. The third-order valence-electron chi connectivity index (χ3n) is 3.39. The average Bonchev–Trinajstić information content (AvgIpc) is 2.36. The van der Waals surface area contributed by atoms with Gasteiger partial charge in [-0.25, -0.2) is 13.2 Å². The smallest absolute Gasteiger partial charge is 0.314 e. The molecule has 1 heterocycles. The lowest BCUT2D eigenvalue weighted by Crippen LogP contribution is -2.46. The van der Waals surface area contributed by atoms with Gasteiger partial charge in [-0.15, -0.1) is 24.8 Å². The summed E-state index contributed by atoms with van der Waals surface area (Å²) in [6, 6.07) is -0.679. The molecule has 1 saturated heterocycles. The van der Waals surface area contributed by atoms with E-state index < -0.39 is 41.7 Å². The highest BCUT2D eigenvalue weighted by molar-refractivity contribution is 5.85. The summed E-state index contributed by atoms with van der Waals surface area (Å²) >= 11 is 0. The van der Waals surface area contributed by atoms with Crippen molar-refractivity contribution in [3.8, 4) is 0 Å². The van der Waals surface area contributed by atoms with Crippen molar-refractivity contribution in [2.45, 2.75) is 18.6 Å². The van der Waals surface area contributed by atoms with Gasteiger partial charge in [0.15, 0.2) is 0 Å². The lowest BCUT2D eigenvalue weighted by atomic mass is 9.99. The molecular formula is C13H16Cl2F6N2. The Kier molecular flexibility index (Phi) is 8.69. The van der Waals surface area contributed by atoms with Gasteiger partial charge in [-0.05, 0) is 0 Å². The molecule has 23 heavy (non-hydrogen) atoms. The molecule has 0 bridgehead atoms. The van der Waals surface area contributed by atoms with Gasteiger partial charge in [-0.2, -0.15) is 13.2 Å². The average molecular weight is 385 g/mol. The van der Waals surface area contributed by atoms with Crippen LogP contribution in [0.2, 0.25) is 0 Å². The van der Waals surface area contributed by atoms with E-state index in [1.807, 2.05) is 0 Å². The molecule has 0 radical (unpaired) electrons. The monoisotopic (exact) mass is 384 g/mol. The molecule has 1 fully saturated rings. The van der Waals surface area contributed by atoms with Crippen LogP contribution in [0, 0.1) is 17.5 Å². The quantitative estimate of drug-likeness (QED) is 0.796. The number of rotatable bonds is 3. The second-order valence-electron chi connectivity index (χ2n) is 4.90. The summed E-state index contributed by atoms with van der Waals surface area (Å²) in [6.07, 6.45) is -5.96. The zero-order valence-corrected chi connectivity index (χ0v) is 13.4. The normalized spacial score (nSPS) is 17.1. The molecule has 1 atom stereocenters. The fraction of sp³-hybridized carbons (Fsp3) is 0.538. The number of piperazine rings is 1. The maximum Gasteiger partial charge on any atom is 0.390 e. The Bertz CT molecular complexity index is 483. The highest BCUT2D eigenvalue weighted by atomic mass is 35.5. The molecule has 2 rings (SSSR count). The first-order valence-electron chi connectivity index (χ1n) is 6.44. The van der Waals surface area contributed by atoms with Crippen molar-refractivity contribution in [3.63, 3.8) is 0 Å². The van der Waals surface area contributed by atoms with Crippen LogP contribution in [0.3, 0.4) is 0 Å². The minimum atomic E-state index is -4.58. The van der Waals surface area contributed by atoms with Crippen LogP contribution >= 0.6 is 24.8 Å². The molecule has 1 aliphatic heterocycles. The second kappa shape index (κ2) is 8.96. The predicted molar refractivity (Wildman–Crippen MR) is 78.7 cm³/mol. The van der Waals surface area contributed by atoms with Crippen LogP contribution in [0.1, 0.15) is 18.0 Å². The molecule has 0 aliphatic carbocycles. The Morgan fingerprint density at radius 1 is 1.00 bits per heavy atom. The molecule has 1 aromatic carbocycles. The third kappa shape index (κ3) is 6.02. The summed E-state index contributed by atoms with van der Waals surface area (Å²) in [7, 11) is 0. The lowest BCUT2D eigenvalue weighted by Gasteiger charge is -2.35. The zero-order chi connectivity index (χ0) is 15.6. The van der Waals surface area contributed by atoms with E-state index in [0.717, 1.165) is 0 Å². The lowest BCUT2D eigenvalue weighted by molar-refractivity contribution is -0.149. The summed E-state index contributed by atoms with van der Waals surface area (Å²) in [5.41, 5.74) is -0.726. The van der Waals surface area contributed by atoms with E-state index >= 15 is 0 Å². The first kappa shape index (κ1) is 22.3. The van der Waals surface area contributed by atoms with Gasteiger partial charge in [-0.3, -0.25) is 4.90 Å². The summed E-state index contributed by atoms with van der Waals surface area (Å²) in [5, 5.41) is 2.95. The molecule has 0 spiro atoms. The predicted octanol–water partition coefficient (Wildman–Crippen LogP) is 3.85. The fourth-order valence-corrected chi connectivity index (χ4v) is 2.50. The van der Waals surface area contributed by atoms with Crippen LogP contribution in [0.5, 0.6) is 0 Å². The molecule has 134 valence electrons. The number of benzene rings is 1. The molecule has 0 amide bonds. The van der Waals surface area contributed by atoms with E-state index in [4.69, 9.17) is 0 Å². The maximum absolute atomic E-state index is 13.8. The molecular weight excluding hydrogens is 369 g/mol. The van der Waals surface area contributed by atoms with Gasteiger partial charge in [0.2, 0.25) is 0 Å². The van der Waals surface area contributed by atoms with Gasteiger partial charge in [0.05, 0.1) is 6.42 Å². The number of hydrogen-bond donors (Lipinski definition) is 1. The van der Waals surface area contributed by atoms with E-state index in [1.165, 1.54) is 4.90 Å². The summed E-state index contributed by atoms with van der Waals surface area (Å²) in [5.74, 6) is -3.74. The van der Waals surface area contributed by atoms with Crippen molar-refractivity contribution in [3.05, 3.63) is 35.1 Å². The Hall–Kier alpha value is -0.700. The topological polar surface area (TPSA) is 15.3 Å². The summed E-state index contributed by atoms with van der Waals surface area (Å²) in [4.78, 5) is 1.36. The standard InChI is InChI=1S/C13H14F6N2.2ClH/c14-8-5-9(15)12(10(16)6-8)11(7-13(17,18)19)21-3-1-20-2-4-21;;/h5-6,11,20H,1-4,7H2;2*1H/t11-;;/m1../s1. The van der Waals surface area contributed by atoms with Gasteiger partial charge in [-0.1, -0.05) is 0 Å². The SMILES string of the molecule is Cl.Cl.Fc1cc(F)c([C@@H](CC(F)(F)F)N2CCNCC2)c(F)c1. The van der Waals surface area contributed by atoms with Crippen LogP contribution in [-0.4, -0.2) is 37.3 Å². The number of halogens is 8. The van der Waals surface area contributed by atoms with Crippen molar-refractivity contribution in [2.24, 2.45) is 0 Å².